The van der Waals surface area contributed by atoms with Gasteiger partial charge in [-0.2, -0.15) is 0 Å². The summed E-state index contributed by atoms with van der Waals surface area (Å²) in [4.78, 5) is 8.08. The topological polar surface area (TPSA) is 51.4 Å². The predicted octanol–water partition coefficient (Wildman–Crippen LogP) is 3.26. The number of aromatic nitrogens is 1. The van der Waals surface area contributed by atoms with Crippen LogP contribution in [0.2, 0.25) is 0 Å². The average molecular weight is 289 g/mol. The maximum Gasteiger partial charge on any atom is 0.190 e. The van der Waals surface area contributed by atoms with Crippen LogP contribution in [0.15, 0.2) is 24.3 Å². The van der Waals surface area contributed by atoms with Gasteiger partial charge in [0, 0.05) is 18.0 Å². The van der Waals surface area contributed by atoms with E-state index in [0.717, 1.165) is 35.8 Å². The van der Waals surface area contributed by atoms with Gasteiger partial charge in [0.2, 0.25) is 0 Å². The zero-order valence-electron chi connectivity index (χ0n) is 11.8. The zero-order chi connectivity index (χ0) is 14.1. The third-order valence-electron chi connectivity index (χ3n) is 3.72. The predicted molar refractivity (Wildman–Crippen MR) is 83.0 cm³/mol. The quantitative estimate of drug-likeness (QED) is 0.942. The van der Waals surface area contributed by atoms with Crippen LogP contribution in [0.5, 0.6) is 5.75 Å². The molecule has 0 fully saturated rings. The van der Waals surface area contributed by atoms with Crippen LogP contribution in [0, 0.1) is 0 Å². The van der Waals surface area contributed by atoms with E-state index in [1.165, 1.54) is 10.6 Å². The molecule has 1 atom stereocenters. The fourth-order valence-electron chi connectivity index (χ4n) is 2.59. The van der Waals surface area contributed by atoms with Gasteiger partial charge in [-0.15, -0.1) is 0 Å². The molecular weight excluding hydrogens is 270 g/mol. The van der Waals surface area contributed by atoms with Crippen molar-refractivity contribution in [3.8, 4) is 5.75 Å². The van der Waals surface area contributed by atoms with Crippen molar-refractivity contribution < 1.29 is 4.74 Å². The van der Waals surface area contributed by atoms with Gasteiger partial charge in [0.25, 0.3) is 0 Å². The van der Waals surface area contributed by atoms with Crippen LogP contribution in [-0.2, 0) is 6.42 Å². The second-order valence-electron chi connectivity index (χ2n) is 5.04. The van der Waals surface area contributed by atoms with Gasteiger partial charge in [-0.1, -0.05) is 23.5 Å². The number of methoxy groups -OCH3 is 1. The molecule has 106 valence electrons. The molecule has 0 saturated heterocycles. The van der Waals surface area contributed by atoms with Crippen LogP contribution in [0.4, 0.5) is 10.8 Å². The number of hydrogen-bond donors (Lipinski definition) is 1. The van der Waals surface area contributed by atoms with Crippen LogP contribution >= 0.6 is 11.3 Å². The van der Waals surface area contributed by atoms with E-state index in [0.29, 0.717) is 0 Å². The van der Waals surface area contributed by atoms with Crippen molar-refractivity contribution in [2.24, 2.45) is 5.73 Å². The number of thiazole rings is 1. The van der Waals surface area contributed by atoms with E-state index in [9.17, 15) is 0 Å². The molecule has 0 saturated carbocycles. The van der Waals surface area contributed by atoms with E-state index in [1.807, 2.05) is 31.3 Å². The standard InChI is InChI=1S/C15H19N3OS/c1-18(12-8-3-4-9-13(12)19-2)15-17-11-7-5-6-10(16)14(11)20-15/h3-4,8-10H,5-7,16H2,1-2H3. The van der Waals surface area contributed by atoms with Gasteiger partial charge in [-0.05, 0) is 31.4 Å². The van der Waals surface area contributed by atoms with E-state index >= 15 is 0 Å². The minimum Gasteiger partial charge on any atom is -0.495 e. The van der Waals surface area contributed by atoms with Crippen molar-refractivity contribution in [2.75, 3.05) is 19.1 Å². The Kier molecular flexibility index (Phi) is 3.63. The number of ether oxygens (including phenoxy) is 1. The van der Waals surface area contributed by atoms with Gasteiger partial charge in [0.1, 0.15) is 5.75 Å². The summed E-state index contributed by atoms with van der Waals surface area (Å²) in [5.41, 5.74) is 8.38. The van der Waals surface area contributed by atoms with E-state index < -0.39 is 0 Å². The lowest BCUT2D eigenvalue weighted by Crippen LogP contribution is -2.15. The van der Waals surface area contributed by atoms with Crippen LogP contribution < -0.4 is 15.4 Å². The number of para-hydroxylation sites is 2. The van der Waals surface area contributed by atoms with E-state index in [2.05, 4.69) is 4.90 Å². The number of fused-ring (bicyclic) bond motifs is 1. The Labute approximate surface area is 123 Å². The molecule has 1 heterocycles. The lowest BCUT2D eigenvalue weighted by molar-refractivity contribution is 0.415. The van der Waals surface area contributed by atoms with Gasteiger partial charge >= 0.3 is 0 Å². The van der Waals surface area contributed by atoms with Crippen LogP contribution in [-0.4, -0.2) is 19.1 Å². The number of aryl methyl sites for hydroxylation is 1. The molecule has 1 aromatic heterocycles. The summed E-state index contributed by atoms with van der Waals surface area (Å²) >= 11 is 1.70. The summed E-state index contributed by atoms with van der Waals surface area (Å²) in [6, 6.07) is 8.13. The summed E-state index contributed by atoms with van der Waals surface area (Å²) in [6.07, 6.45) is 3.24. The smallest absolute Gasteiger partial charge is 0.190 e. The van der Waals surface area contributed by atoms with Gasteiger partial charge in [0.05, 0.1) is 18.5 Å². The molecule has 0 radical (unpaired) electrons. The first-order chi connectivity index (χ1) is 9.70. The summed E-state index contributed by atoms with van der Waals surface area (Å²) < 4.78 is 5.42. The number of benzene rings is 1. The fraction of sp³-hybridized carbons (Fsp3) is 0.400. The van der Waals surface area contributed by atoms with E-state index in [1.54, 1.807) is 18.4 Å². The number of hydrogen-bond acceptors (Lipinski definition) is 5. The van der Waals surface area contributed by atoms with Gasteiger partial charge in [-0.25, -0.2) is 4.98 Å². The van der Waals surface area contributed by atoms with Crippen molar-refractivity contribution >= 4 is 22.2 Å². The first-order valence-electron chi connectivity index (χ1n) is 6.82. The Morgan fingerprint density at radius 3 is 2.95 bits per heavy atom. The Hall–Kier alpha value is -1.59. The molecule has 1 aliphatic carbocycles. The first-order valence-corrected chi connectivity index (χ1v) is 7.64. The normalized spacial score (nSPS) is 17.6. The van der Waals surface area contributed by atoms with Crippen molar-refractivity contribution in [2.45, 2.75) is 25.3 Å². The van der Waals surface area contributed by atoms with Crippen molar-refractivity contribution in [3.63, 3.8) is 0 Å². The molecule has 2 N–H and O–H groups in total. The maximum absolute atomic E-state index is 6.18. The second kappa shape index (κ2) is 5.42. The van der Waals surface area contributed by atoms with Crippen LogP contribution in [0.3, 0.4) is 0 Å². The van der Waals surface area contributed by atoms with E-state index in [4.69, 9.17) is 15.5 Å². The average Bonchev–Trinajstić information content (AvgIpc) is 2.92. The largest absolute Gasteiger partial charge is 0.495 e. The lowest BCUT2D eigenvalue weighted by atomic mass is 9.99. The summed E-state index contributed by atoms with van der Waals surface area (Å²) in [6.45, 7) is 0. The van der Waals surface area contributed by atoms with Crippen molar-refractivity contribution in [1.82, 2.24) is 4.98 Å². The third kappa shape index (κ3) is 2.27. The molecule has 0 spiro atoms. The van der Waals surface area contributed by atoms with Crippen LogP contribution in [0.25, 0.3) is 0 Å². The summed E-state index contributed by atoms with van der Waals surface area (Å²) in [7, 11) is 3.71. The second-order valence-corrected chi connectivity index (χ2v) is 6.05. The summed E-state index contributed by atoms with van der Waals surface area (Å²) in [5.74, 6) is 0.854. The molecule has 4 nitrogen and oxygen atoms in total. The Bertz CT molecular complexity index is 611. The van der Waals surface area contributed by atoms with Gasteiger partial charge < -0.3 is 15.4 Å². The minimum atomic E-state index is 0.149. The Balaban J connectivity index is 1.96. The highest BCUT2D eigenvalue weighted by molar-refractivity contribution is 7.15. The first kappa shape index (κ1) is 13.4. The van der Waals surface area contributed by atoms with Crippen molar-refractivity contribution in [3.05, 3.63) is 34.8 Å². The molecule has 1 aliphatic rings. The minimum absolute atomic E-state index is 0.149. The Morgan fingerprint density at radius 2 is 2.20 bits per heavy atom. The molecular formula is C15H19N3OS. The molecule has 1 unspecified atom stereocenters. The fourth-order valence-corrected chi connectivity index (χ4v) is 3.72. The molecule has 5 heteroatoms. The van der Waals surface area contributed by atoms with Crippen molar-refractivity contribution in [1.29, 1.82) is 0 Å². The molecule has 3 rings (SSSR count). The number of rotatable bonds is 3. The lowest BCUT2D eigenvalue weighted by Gasteiger charge is -2.18. The monoisotopic (exact) mass is 289 g/mol. The zero-order valence-corrected chi connectivity index (χ0v) is 12.6. The molecule has 2 aromatic rings. The third-order valence-corrected chi connectivity index (χ3v) is 5.02. The molecule has 0 aliphatic heterocycles. The highest BCUT2D eigenvalue weighted by Gasteiger charge is 2.23. The summed E-state index contributed by atoms with van der Waals surface area (Å²) in [5, 5.41) is 0.983. The SMILES string of the molecule is COc1ccccc1N(C)c1nc2c(s1)C(N)CCC2. The Morgan fingerprint density at radius 1 is 1.40 bits per heavy atom. The van der Waals surface area contributed by atoms with E-state index in [-0.39, 0.29) is 6.04 Å². The van der Waals surface area contributed by atoms with Gasteiger partial charge in [0.15, 0.2) is 5.13 Å². The van der Waals surface area contributed by atoms with Crippen LogP contribution in [0.1, 0.15) is 29.5 Å². The number of anilines is 2. The molecule has 1 aromatic carbocycles. The molecule has 0 bridgehead atoms. The number of nitrogens with two attached hydrogens (primary N) is 1. The molecule has 0 amide bonds. The highest BCUT2D eigenvalue weighted by Crippen LogP contribution is 2.39. The van der Waals surface area contributed by atoms with Gasteiger partial charge in [-0.3, -0.25) is 0 Å². The number of nitrogens with zero attached hydrogens (tertiary/aromatic N) is 2. The maximum atomic E-state index is 6.18. The highest BCUT2D eigenvalue weighted by atomic mass is 32.1. The molecule has 20 heavy (non-hydrogen) atoms.